The molecule has 0 saturated carbocycles. The molecule has 1 aliphatic heterocycles. The van der Waals surface area contributed by atoms with Crippen LogP contribution in [0.1, 0.15) is 44.9 Å². The number of benzene rings is 1. The van der Waals surface area contributed by atoms with E-state index in [1.807, 2.05) is 32.1 Å². The summed E-state index contributed by atoms with van der Waals surface area (Å²) >= 11 is 0. The van der Waals surface area contributed by atoms with Crippen LogP contribution < -0.4 is 4.74 Å². The number of para-hydroxylation sites is 1. The third kappa shape index (κ3) is 2.52. The van der Waals surface area contributed by atoms with Crippen molar-refractivity contribution in [3.05, 3.63) is 41.0 Å². The quantitative estimate of drug-likeness (QED) is 0.792. The van der Waals surface area contributed by atoms with Gasteiger partial charge in [0.05, 0.1) is 0 Å². The van der Waals surface area contributed by atoms with Gasteiger partial charge in [-0.25, -0.2) is 0 Å². The lowest BCUT2D eigenvalue weighted by Crippen LogP contribution is -2.25. The van der Waals surface area contributed by atoms with Crippen LogP contribution in [0.25, 0.3) is 0 Å². The summed E-state index contributed by atoms with van der Waals surface area (Å²) in [6.07, 6.45) is 2.17. The van der Waals surface area contributed by atoms with E-state index in [-0.39, 0.29) is 5.60 Å². The highest BCUT2D eigenvalue weighted by molar-refractivity contribution is 5.47. The van der Waals surface area contributed by atoms with Gasteiger partial charge in [-0.05, 0) is 33.3 Å². The molecule has 1 aromatic carbocycles. The Kier molecular flexibility index (Phi) is 3.00. The van der Waals surface area contributed by atoms with E-state index < -0.39 is 6.10 Å². The van der Waals surface area contributed by atoms with E-state index in [1.54, 1.807) is 0 Å². The lowest BCUT2D eigenvalue weighted by Gasteiger charge is -2.19. The van der Waals surface area contributed by atoms with Crippen LogP contribution in [0.3, 0.4) is 0 Å². The minimum Gasteiger partial charge on any atom is -0.487 e. The predicted molar refractivity (Wildman–Crippen MR) is 69.2 cm³/mol. The lowest BCUT2D eigenvalue weighted by molar-refractivity contribution is 0.132. The molecule has 0 spiro atoms. The zero-order valence-corrected chi connectivity index (χ0v) is 10.9. The van der Waals surface area contributed by atoms with E-state index in [4.69, 9.17) is 4.74 Å². The Morgan fingerprint density at radius 2 is 2.12 bits per heavy atom. The van der Waals surface area contributed by atoms with Crippen LogP contribution in [0.5, 0.6) is 5.75 Å². The SMILES string of the molecule is CC(C)=CC(O)c1cccc2c1OC(C)(C)C2. The molecule has 0 bridgehead atoms. The Balaban J connectivity index is 2.39. The second-order valence-corrected chi connectivity index (χ2v) is 5.56. The molecule has 0 amide bonds. The van der Waals surface area contributed by atoms with E-state index in [2.05, 4.69) is 19.9 Å². The van der Waals surface area contributed by atoms with Crippen molar-refractivity contribution in [1.29, 1.82) is 0 Å². The molecule has 1 unspecified atom stereocenters. The molecule has 0 aliphatic carbocycles. The lowest BCUT2D eigenvalue weighted by atomic mass is 9.98. The van der Waals surface area contributed by atoms with Gasteiger partial charge in [0.15, 0.2) is 0 Å². The van der Waals surface area contributed by atoms with Gasteiger partial charge in [0, 0.05) is 12.0 Å². The van der Waals surface area contributed by atoms with Crippen LogP contribution >= 0.6 is 0 Å². The summed E-state index contributed by atoms with van der Waals surface area (Å²) < 4.78 is 5.94. The molecule has 1 N–H and O–H groups in total. The molecule has 2 heteroatoms. The van der Waals surface area contributed by atoms with Crippen LogP contribution in [-0.4, -0.2) is 10.7 Å². The van der Waals surface area contributed by atoms with Gasteiger partial charge in [0.1, 0.15) is 17.5 Å². The van der Waals surface area contributed by atoms with E-state index in [0.29, 0.717) is 0 Å². The van der Waals surface area contributed by atoms with Gasteiger partial charge in [-0.2, -0.15) is 0 Å². The van der Waals surface area contributed by atoms with Crippen molar-refractivity contribution < 1.29 is 9.84 Å². The summed E-state index contributed by atoms with van der Waals surface area (Å²) in [5.41, 5.74) is 3.00. The van der Waals surface area contributed by atoms with E-state index >= 15 is 0 Å². The molecule has 0 saturated heterocycles. The third-order valence-electron chi connectivity index (χ3n) is 2.93. The van der Waals surface area contributed by atoms with Crippen LogP contribution in [0.15, 0.2) is 29.8 Å². The molecule has 1 atom stereocenters. The van der Waals surface area contributed by atoms with Crippen molar-refractivity contribution in [3.8, 4) is 5.75 Å². The normalized spacial score (nSPS) is 18.2. The monoisotopic (exact) mass is 232 g/mol. The average Bonchev–Trinajstić information content (AvgIpc) is 2.49. The number of hydrogen-bond acceptors (Lipinski definition) is 2. The molecular formula is C15H20O2. The van der Waals surface area contributed by atoms with Crippen LogP contribution in [0.2, 0.25) is 0 Å². The maximum atomic E-state index is 10.2. The number of fused-ring (bicyclic) bond motifs is 1. The van der Waals surface area contributed by atoms with Crippen molar-refractivity contribution in [3.63, 3.8) is 0 Å². The summed E-state index contributed by atoms with van der Waals surface area (Å²) in [6, 6.07) is 5.99. The molecule has 1 heterocycles. The highest BCUT2D eigenvalue weighted by Crippen LogP contribution is 2.40. The molecular weight excluding hydrogens is 212 g/mol. The fourth-order valence-electron chi connectivity index (χ4n) is 2.28. The summed E-state index contributed by atoms with van der Waals surface area (Å²) in [5, 5.41) is 10.2. The number of rotatable bonds is 2. The molecule has 17 heavy (non-hydrogen) atoms. The number of aliphatic hydroxyl groups excluding tert-OH is 1. The Bertz CT molecular complexity index is 454. The van der Waals surface area contributed by atoms with E-state index in [1.165, 1.54) is 5.56 Å². The molecule has 0 aromatic heterocycles. The maximum Gasteiger partial charge on any atom is 0.129 e. The van der Waals surface area contributed by atoms with Crippen LogP contribution in [0.4, 0.5) is 0 Å². The number of hydrogen-bond donors (Lipinski definition) is 1. The van der Waals surface area contributed by atoms with Crippen LogP contribution in [-0.2, 0) is 6.42 Å². The van der Waals surface area contributed by atoms with Gasteiger partial charge < -0.3 is 9.84 Å². The molecule has 92 valence electrons. The Hall–Kier alpha value is -1.28. The van der Waals surface area contributed by atoms with Gasteiger partial charge in [0.2, 0.25) is 0 Å². The average molecular weight is 232 g/mol. The number of aliphatic hydroxyl groups is 1. The highest BCUT2D eigenvalue weighted by atomic mass is 16.5. The minimum atomic E-state index is -0.580. The first-order valence-corrected chi connectivity index (χ1v) is 6.03. The highest BCUT2D eigenvalue weighted by Gasteiger charge is 2.32. The Labute approximate surface area is 103 Å². The first-order valence-electron chi connectivity index (χ1n) is 6.03. The van der Waals surface area contributed by atoms with Gasteiger partial charge in [-0.15, -0.1) is 0 Å². The molecule has 0 fully saturated rings. The van der Waals surface area contributed by atoms with Crippen molar-refractivity contribution in [2.45, 2.75) is 45.8 Å². The third-order valence-corrected chi connectivity index (χ3v) is 2.93. The fourth-order valence-corrected chi connectivity index (χ4v) is 2.28. The van der Waals surface area contributed by atoms with Gasteiger partial charge in [-0.1, -0.05) is 29.8 Å². The second kappa shape index (κ2) is 4.19. The van der Waals surface area contributed by atoms with Crippen LogP contribution in [0, 0.1) is 0 Å². The van der Waals surface area contributed by atoms with Crippen molar-refractivity contribution in [2.24, 2.45) is 0 Å². The molecule has 1 aliphatic rings. The molecule has 2 rings (SSSR count). The number of allylic oxidation sites excluding steroid dienone is 1. The van der Waals surface area contributed by atoms with Crippen molar-refractivity contribution in [1.82, 2.24) is 0 Å². The van der Waals surface area contributed by atoms with Crippen molar-refractivity contribution >= 4 is 0 Å². The minimum absolute atomic E-state index is 0.164. The largest absolute Gasteiger partial charge is 0.487 e. The second-order valence-electron chi connectivity index (χ2n) is 5.56. The summed E-state index contributed by atoms with van der Waals surface area (Å²) in [5.74, 6) is 0.863. The zero-order chi connectivity index (χ0) is 12.6. The van der Waals surface area contributed by atoms with Gasteiger partial charge in [-0.3, -0.25) is 0 Å². The summed E-state index contributed by atoms with van der Waals surface area (Å²) in [6.45, 7) is 8.11. The fraction of sp³-hybridized carbons (Fsp3) is 0.467. The first kappa shape index (κ1) is 12.2. The zero-order valence-electron chi connectivity index (χ0n) is 10.9. The molecule has 1 aromatic rings. The van der Waals surface area contributed by atoms with Gasteiger partial charge >= 0.3 is 0 Å². The Morgan fingerprint density at radius 3 is 2.76 bits per heavy atom. The maximum absolute atomic E-state index is 10.2. The van der Waals surface area contributed by atoms with Gasteiger partial charge in [0.25, 0.3) is 0 Å². The Morgan fingerprint density at radius 1 is 1.41 bits per heavy atom. The molecule has 2 nitrogen and oxygen atoms in total. The standard InChI is InChI=1S/C15H20O2/c1-10(2)8-13(16)12-7-5-6-11-9-15(3,4)17-14(11)12/h5-8,13,16H,9H2,1-4H3. The number of ether oxygens (including phenoxy) is 1. The smallest absolute Gasteiger partial charge is 0.129 e. The van der Waals surface area contributed by atoms with E-state index in [0.717, 1.165) is 23.3 Å². The topological polar surface area (TPSA) is 29.5 Å². The summed E-state index contributed by atoms with van der Waals surface area (Å²) in [7, 11) is 0. The molecule has 0 radical (unpaired) electrons. The van der Waals surface area contributed by atoms with Crippen molar-refractivity contribution in [2.75, 3.05) is 0 Å². The predicted octanol–water partition coefficient (Wildman–Crippen LogP) is 3.40. The van der Waals surface area contributed by atoms with E-state index in [9.17, 15) is 5.11 Å². The summed E-state index contributed by atoms with van der Waals surface area (Å²) in [4.78, 5) is 0. The first-order chi connectivity index (χ1) is 7.89.